The van der Waals surface area contributed by atoms with Crippen molar-refractivity contribution in [2.75, 3.05) is 12.4 Å². The number of nitrogens with one attached hydrogen (secondary N) is 1. The smallest absolute Gasteiger partial charge is 0.410 e. The lowest BCUT2D eigenvalue weighted by atomic mass is 10.0. The first kappa shape index (κ1) is 19.2. The highest BCUT2D eigenvalue weighted by molar-refractivity contribution is 7.10. The second-order valence-corrected chi connectivity index (χ2v) is 8.49. The third kappa shape index (κ3) is 4.24. The van der Waals surface area contributed by atoms with Gasteiger partial charge in [0, 0.05) is 11.9 Å². The van der Waals surface area contributed by atoms with Gasteiger partial charge in [-0.05, 0) is 56.8 Å². The molecule has 1 aromatic carbocycles. The van der Waals surface area contributed by atoms with Crippen molar-refractivity contribution < 1.29 is 19.1 Å². The molecular weight excluding hydrogens is 364 g/mol. The molecule has 144 valence electrons. The van der Waals surface area contributed by atoms with E-state index in [0.29, 0.717) is 11.4 Å². The van der Waals surface area contributed by atoms with E-state index in [1.807, 2.05) is 56.5 Å². The Morgan fingerprint density at radius 2 is 2.07 bits per heavy atom. The molecule has 1 aliphatic rings. The average Bonchev–Trinajstić information content (AvgIpc) is 3.08. The third-order valence-corrected chi connectivity index (χ3v) is 5.06. The van der Waals surface area contributed by atoms with Crippen LogP contribution in [0.3, 0.4) is 0 Å². The summed E-state index contributed by atoms with van der Waals surface area (Å²) in [6.45, 7) is 7.22. The van der Waals surface area contributed by atoms with Crippen LogP contribution >= 0.6 is 11.3 Å². The highest BCUT2D eigenvalue weighted by Gasteiger charge is 2.30. The quantitative estimate of drug-likeness (QED) is 0.845. The zero-order chi connectivity index (χ0) is 19.8. The number of nitrogens with zero attached hydrogens (tertiary/aromatic N) is 1. The molecule has 0 bridgehead atoms. The molecule has 3 rings (SSSR count). The molecule has 1 aliphatic heterocycles. The maximum atomic E-state index is 12.7. The number of carbonyl (C=O) groups is 2. The van der Waals surface area contributed by atoms with Crippen LogP contribution in [0, 0.1) is 0 Å². The fraction of sp³-hybridized carbons (Fsp3) is 0.400. The highest BCUT2D eigenvalue weighted by atomic mass is 32.1. The predicted octanol–water partition coefficient (Wildman–Crippen LogP) is 4.42. The van der Waals surface area contributed by atoms with Gasteiger partial charge in [0.1, 0.15) is 11.4 Å². The number of benzene rings is 1. The minimum Gasteiger partial charge on any atom is -0.479 e. The van der Waals surface area contributed by atoms with E-state index < -0.39 is 17.8 Å². The van der Waals surface area contributed by atoms with E-state index in [1.54, 1.807) is 30.2 Å². The summed E-state index contributed by atoms with van der Waals surface area (Å²) in [6.07, 6.45) is -0.937. The first-order chi connectivity index (χ1) is 12.7. The van der Waals surface area contributed by atoms with Gasteiger partial charge in [0.05, 0.1) is 11.7 Å². The molecular formula is C20H24N2O4S. The Hall–Kier alpha value is -2.54. The molecule has 1 N–H and O–H groups in total. The van der Waals surface area contributed by atoms with Gasteiger partial charge < -0.3 is 14.8 Å². The van der Waals surface area contributed by atoms with Crippen LogP contribution in [0.4, 0.5) is 10.5 Å². The first-order valence-corrected chi connectivity index (χ1v) is 9.64. The molecule has 6 nitrogen and oxygen atoms in total. The van der Waals surface area contributed by atoms with Crippen LogP contribution in [0.2, 0.25) is 0 Å². The summed E-state index contributed by atoms with van der Waals surface area (Å²) in [4.78, 5) is 27.2. The van der Waals surface area contributed by atoms with E-state index in [-0.39, 0.29) is 11.9 Å². The summed E-state index contributed by atoms with van der Waals surface area (Å²) < 4.78 is 11.2. The van der Waals surface area contributed by atoms with E-state index in [1.165, 1.54) is 0 Å². The number of hydrogen-bond donors (Lipinski definition) is 1. The van der Waals surface area contributed by atoms with Crippen LogP contribution in [-0.4, -0.2) is 35.7 Å². The number of ether oxygens (including phenoxy) is 2. The highest BCUT2D eigenvalue weighted by Crippen LogP contribution is 2.37. The number of amides is 2. The van der Waals surface area contributed by atoms with Gasteiger partial charge in [-0.15, -0.1) is 11.3 Å². The van der Waals surface area contributed by atoms with E-state index in [4.69, 9.17) is 9.47 Å². The molecule has 7 heteroatoms. The van der Waals surface area contributed by atoms with Crippen LogP contribution in [-0.2, 0) is 9.53 Å². The summed E-state index contributed by atoms with van der Waals surface area (Å²) >= 11 is 1.56. The number of rotatable bonds is 3. The van der Waals surface area contributed by atoms with Gasteiger partial charge in [-0.2, -0.15) is 0 Å². The van der Waals surface area contributed by atoms with Gasteiger partial charge in [-0.25, -0.2) is 4.79 Å². The minimum absolute atomic E-state index is 0.187. The van der Waals surface area contributed by atoms with E-state index in [0.717, 1.165) is 10.4 Å². The van der Waals surface area contributed by atoms with Crippen molar-refractivity contribution in [3.63, 3.8) is 0 Å². The summed E-state index contributed by atoms with van der Waals surface area (Å²) in [7, 11) is 1.72. The Kier molecular flexibility index (Phi) is 5.15. The van der Waals surface area contributed by atoms with Crippen LogP contribution in [0.5, 0.6) is 5.75 Å². The largest absolute Gasteiger partial charge is 0.479 e. The number of fused-ring (bicyclic) bond motifs is 1. The average molecular weight is 388 g/mol. The summed E-state index contributed by atoms with van der Waals surface area (Å²) in [5, 5.41) is 4.83. The minimum atomic E-state index is -0.584. The number of carbonyl (C=O) groups excluding carboxylic acids is 2. The summed E-state index contributed by atoms with van der Waals surface area (Å²) in [6, 6.07) is 9.18. The van der Waals surface area contributed by atoms with E-state index >= 15 is 0 Å². The van der Waals surface area contributed by atoms with Crippen LogP contribution in [0.25, 0.3) is 0 Å². The fourth-order valence-electron chi connectivity index (χ4n) is 2.86. The first-order valence-electron chi connectivity index (χ1n) is 8.76. The second-order valence-electron chi connectivity index (χ2n) is 7.51. The lowest BCUT2D eigenvalue weighted by Gasteiger charge is -2.31. The Morgan fingerprint density at radius 3 is 2.70 bits per heavy atom. The Morgan fingerprint density at radius 1 is 1.33 bits per heavy atom. The number of anilines is 1. The molecule has 2 atom stereocenters. The number of thiophene rings is 1. The van der Waals surface area contributed by atoms with Gasteiger partial charge >= 0.3 is 6.09 Å². The standard InChI is InChI=1S/C20H24N2O4S/c1-12-18(23)21-14-11-13(8-9-15(14)25-12)17(16-7-6-10-27-16)22(5)19(24)26-20(2,3)4/h6-12,17H,1-5H3,(H,21,23). The zero-order valence-corrected chi connectivity index (χ0v) is 16.9. The molecule has 0 saturated carbocycles. The van der Waals surface area contributed by atoms with Gasteiger partial charge in [-0.1, -0.05) is 12.1 Å². The summed E-state index contributed by atoms with van der Waals surface area (Å²) in [5.41, 5.74) is 0.886. The van der Waals surface area contributed by atoms with Crippen molar-refractivity contribution in [3.8, 4) is 5.75 Å². The summed E-state index contributed by atoms with van der Waals surface area (Å²) in [5.74, 6) is 0.434. The van der Waals surface area contributed by atoms with Crippen LogP contribution in [0.1, 0.15) is 44.2 Å². The molecule has 0 radical (unpaired) electrons. The Bertz CT molecular complexity index is 842. The van der Waals surface area contributed by atoms with Crippen LogP contribution in [0.15, 0.2) is 35.7 Å². The van der Waals surface area contributed by atoms with Gasteiger partial charge in [-0.3, -0.25) is 9.69 Å². The van der Waals surface area contributed by atoms with Crippen molar-refractivity contribution in [2.24, 2.45) is 0 Å². The van der Waals surface area contributed by atoms with Gasteiger partial charge in [0.2, 0.25) is 0 Å². The predicted molar refractivity (Wildman–Crippen MR) is 105 cm³/mol. The molecule has 2 aromatic rings. The topological polar surface area (TPSA) is 67.9 Å². The number of hydrogen-bond acceptors (Lipinski definition) is 5. The molecule has 2 unspecified atom stereocenters. The van der Waals surface area contributed by atoms with E-state index in [9.17, 15) is 9.59 Å². The molecule has 0 aliphatic carbocycles. The molecule has 2 heterocycles. The Balaban J connectivity index is 1.96. The maximum absolute atomic E-state index is 12.7. The fourth-order valence-corrected chi connectivity index (χ4v) is 3.76. The van der Waals surface area contributed by atoms with Crippen molar-refractivity contribution in [1.82, 2.24) is 4.90 Å². The molecule has 0 fully saturated rings. The normalized spacial score (nSPS) is 17.4. The Labute approximate surface area is 163 Å². The van der Waals surface area contributed by atoms with Gasteiger partial charge in [0.15, 0.2) is 6.10 Å². The zero-order valence-electron chi connectivity index (χ0n) is 16.1. The molecule has 27 heavy (non-hydrogen) atoms. The van der Waals surface area contributed by atoms with Crippen molar-refractivity contribution in [3.05, 3.63) is 46.2 Å². The van der Waals surface area contributed by atoms with Crippen molar-refractivity contribution >= 4 is 29.0 Å². The lowest BCUT2D eigenvalue weighted by molar-refractivity contribution is -0.122. The van der Waals surface area contributed by atoms with Gasteiger partial charge in [0.25, 0.3) is 5.91 Å². The monoisotopic (exact) mass is 388 g/mol. The van der Waals surface area contributed by atoms with Crippen LogP contribution < -0.4 is 10.1 Å². The van der Waals surface area contributed by atoms with Crippen molar-refractivity contribution in [1.29, 1.82) is 0 Å². The lowest BCUT2D eigenvalue weighted by Crippen LogP contribution is -2.37. The third-order valence-electron chi connectivity index (χ3n) is 4.13. The SMILES string of the molecule is CC1Oc2ccc(C(c3cccs3)N(C)C(=O)OC(C)(C)C)cc2NC1=O. The molecule has 1 aromatic heterocycles. The molecule has 0 saturated heterocycles. The maximum Gasteiger partial charge on any atom is 0.410 e. The molecule has 2 amide bonds. The van der Waals surface area contributed by atoms with Crippen molar-refractivity contribution in [2.45, 2.75) is 45.4 Å². The second kappa shape index (κ2) is 7.23. The molecule has 0 spiro atoms. The van der Waals surface area contributed by atoms with E-state index in [2.05, 4.69) is 5.32 Å².